The Hall–Kier alpha value is -3.30. The fourth-order valence-electron chi connectivity index (χ4n) is 3.76. The molecule has 1 N–H and O–H groups in total. The van der Waals surface area contributed by atoms with Crippen LogP contribution in [0.1, 0.15) is 57.9 Å². The first-order valence-electron chi connectivity index (χ1n) is 10.4. The summed E-state index contributed by atoms with van der Waals surface area (Å²) in [5.74, 6) is -0.971. The normalized spacial score (nSPS) is 12.3. The van der Waals surface area contributed by atoms with E-state index in [1.165, 1.54) is 24.1 Å². The summed E-state index contributed by atoms with van der Waals surface area (Å²) in [5.41, 5.74) is 0.597. The average Bonchev–Trinajstić information content (AvgIpc) is 2.98. The molecule has 2 rings (SSSR count). The smallest absolute Gasteiger partial charge is 0.416 e. The first-order chi connectivity index (χ1) is 15.3. The first-order valence-corrected chi connectivity index (χ1v) is 10.4. The van der Waals surface area contributed by atoms with Crippen LogP contribution in [-0.2, 0) is 18.0 Å². The van der Waals surface area contributed by atoms with Gasteiger partial charge in [-0.05, 0) is 51.0 Å². The van der Waals surface area contributed by atoms with Gasteiger partial charge in [-0.1, -0.05) is 13.0 Å². The molecule has 0 aliphatic heterocycles. The predicted molar refractivity (Wildman–Crippen MR) is 117 cm³/mol. The third-order valence-corrected chi connectivity index (χ3v) is 5.57. The summed E-state index contributed by atoms with van der Waals surface area (Å²) in [6.45, 7) is 6.88. The van der Waals surface area contributed by atoms with Crippen LogP contribution in [0, 0.1) is 13.8 Å². The molecule has 1 aromatic heterocycles. The molecule has 0 saturated heterocycles. The Kier molecular flexibility index (Phi) is 7.94. The van der Waals surface area contributed by atoms with Gasteiger partial charge in [0.2, 0.25) is 0 Å². The topological polar surface area (TPSA) is 80.6 Å². The number of aromatic nitrogens is 1. The molecule has 1 atom stereocenters. The van der Waals surface area contributed by atoms with Crippen molar-refractivity contribution in [1.82, 2.24) is 9.47 Å². The number of hydrogen-bond donors (Lipinski definition) is 1. The van der Waals surface area contributed by atoms with Gasteiger partial charge in [0.15, 0.2) is 5.78 Å². The van der Waals surface area contributed by atoms with Crippen molar-refractivity contribution in [3.05, 3.63) is 52.3 Å². The van der Waals surface area contributed by atoms with E-state index < -0.39 is 29.8 Å². The summed E-state index contributed by atoms with van der Waals surface area (Å²) < 4.78 is 45.4. The minimum atomic E-state index is -4.55. The van der Waals surface area contributed by atoms with Crippen LogP contribution in [0.3, 0.4) is 0 Å². The molecule has 0 aliphatic rings. The highest BCUT2D eigenvalue weighted by Crippen LogP contribution is 2.31. The Morgan fingerprint density at radius 1 is 1.21 bits per heavy atom. The number of anilines is 1. The van der Waals surface area contributed by atoms with E-state index in [2.05, 4.69) is 5.32 Å². The second-order valence-electron chi connectivity index (χ2n) is 7.73. The van der Waals surface area contributed by atoms with Crippen LogP contribution in [0.2, 0.25) is 0 Å². The van der Waals surface area contributed by atoms with Gasteiger partial charge >= 0.3 is 18.2 Å². The lowest BCUT2D eigenvalue weighted by atomic mass is 10.00. The number of urea groups is 1. The molecule has 1 heterocycles. The molecule has 1 aromatic carbocycles. The molecule has 2 aromatic rings. The number of hydrogen-bond acceptors (Lipinski definition) is 4. The third kappa shape index (κ3) is 5.37. The first kappa shape index (κ1) is 26.0. The molecule has 2 amide bonds. The Bertz CT molecular complexity index is 1060. The zero-order chi connectivity index (χ0) is 25.1. The van der Waals surface area contributed by atoms with Crippen molar-refractivity contribution in [3.8, 4) is 0 Å². The molecule has 10 heteroatoms. The molecular weight excluding hydrogens is 439 g/mol. The number of ketones is 1. The Balaban J connectivity index is 2.36. The number of carbonyl (C=O) groups excluding carboxylic acids is 3. The Morgan fingerprint density at radius 3 is 2.39 bits per heavy atom. The molecule has 0 fully saturated rings. The number of rotatable bonds is 7. The number of methoxy groups -OCH3 is 1. The fourth-order valence-corrected chi connectivity index (χ4v) is 3.76. The van der Waals surface area contributed by atoms with E-state index in [0.717, 1.165) is 12.1 Å². The van der Waals surface area contributed by atoms with E-state index in [-0.39, 0.29) is 23.7 Å². The van der Waals surface area contributed by atoms with Gasteiger partial charge in [-0.2, -0.15) is 13.2 Å². The molecule has 180 valence electrons. The molecule has 0 bridgehead atoms. The highest BCUT2D eigenvalue weighted by Gasteiger charge is 2.33. The van der Waals surface area contributed by atoms with Crippen LogP contribution >= 0.6 is 0 Å². The van der Waals surface area contributed by atoms with Crippen molar-refractivity contribution in [1.29, 1.82) is 0 Å². The molecular formula is C23H28F3N3O4. The number of nitrogens with one attached hydrogen (secondary N) is 1. The van der Waals surface area contributed by atoms with Crippen molar-refractivity contribution in [3.63, 3.8) is 0 Å². The summed E-state index contributed by atoms with van der Waals surface area (Å²) in [6, 6.07) is 2.66. The molecule has 7 nitrogen and oxygen atoms in total. The van der Waals surface area contributed by atoms with E-state index in [0.29, 0.717) is 23.2 Å². The van der Waals surface area contributed by atoms with Crippen LogP contribution in [0.5, 0.6) is 0 Å². The van der Waals surface area contributed by atoms with Gasteiger partial charge in [-0.15, -0.1) is 0 Å². The zero-order valence-corrected chi connectivity index (χ0v) is 19.5. The Labute approximate surface area is 190 Å². The highest BCUT2D eigenvalue weighted by atomic mass is 19.4. The third-order valence-electron chi connectivity index (χ3n) is 5.57. The van der Waals surface area contributed by atoms with Gasteiger partial charge in [-0.3, -0.25) is 4.79 Å². The number of carbonyl (C=O) groups is 3. The second kappa shape index (κ2) is 10.1. The molecule has 0 aliphatic carbocycles. The van der Waals surface area contributed by atoms with Crippen molar-refractivity contribution in [2.75, 3.05) is 19.0 Å². The maximum absolute atomic E-state index is 13.4. The van der Waals surface area contributed by atoms with Gasteiger partial charge < -0.3 is 19.5 Å². The summed E-state index contributed by atoms with van der Waals surface area (Å²) >= 11 is 0. The number of benzene rings is 1. The minimum Gasteiger partial charge on any atom is -0.464 e. The van der Waals surface area contributed by atoms with E-state index in [1.807, 2.05) is 6.92 Å². The van der Waals surface area contributed by atoms with E-state index in [1.54, 1.807) is 32.4 Å². The molecule has 0 saturated carbocycles. The Morgan fingerprint density at radius 2 is 1.85 bits per heavy atom. The summed E-state index contributed by atoms with van der Waals surface area (Å²) in [6.07, 6.45) is -4.03. The van der Waals surface area contributed by atoms with E-state index in [9.17, 15) is 27.6 Å². The highest BCUT2D eigenvalue weighted by molar-refractivity contribution is 6.07. The summed E-state index contributed by atoms with van der Waals surface area (Å²) in [4.78, 5) is 39.7. The van der Waals surface area contributed by atoms with Crippen LogP contribution in [-0.4, -0.2) is 46.9 Å². The van der Waals surface area contributed by atoms with Crippen LogP contribution in [0.25, 0.3) is 0 Å². The molecule has 33 heavy (non-hydrogen) atoms. The van der Waals surface area contributed by atoms with Gasteiger partial charge in [-0.25, -0.2) is 9.59 Å². The quantitative estimate of drug-likeness (QED) is 0.461. The summed E-state index contributed by atoms with van der Waals surface area (Å²) in [7, 11) is 2.88. The lowest BCUT2D eigenvalue weighted by Gasteiger charge is -2.28. The van der Waals surface area contributed by atoms with Gasteiger partial charge in [0.05, 0.1) is 18.7 Å². The number of amides is 2. The molecule has 0 spiro atoms. The van der Waals surface area contributed by atoms with Gasteiger partial charge in [0, 0.05) is 30.5 Å². The van der Waals surface area contributed by atoms with Crippen LogP contribution < -0.4 is 5.32 Å². The van der Waals surface area contributed by atoms with Crippen molar-refractivity contribution >= 4 is 23.5 Å². The maximum atomic E-state index is 13.4. The number of Topliss-reactive ketones (excluding diaryl/α,β-unsaturated/α-hetero) is 1. The number of ether oxygens (including phenoxy) is 1. The summed E-state index contributed by atoms with van der Waals surface area (Å²) in [5, 5.41) is 2.46. The average molecular weight is 467 g/mol. The lowest BCUT2D eigenvalue weighted by molar-refractivity contribution is -0.137. The van der Waals surface area contributed by atoms with Crippen LogP contribution in [0.15, 0.2) is 24.3 Å². The van der Waals surface area contributed by atoms with Crippen molar-refractivity contribution < 1.29 is 32.3 Å². The second-order valence-corrected chi connectivity index (χ2v) is 7.73. The minimum absolute atomic E-state index is 0.0318. The maximum Gasteiger partial charge on any atom is 0.416 e. The number of esters is 1. The monoisotopic (exact) mass is 467 g/mol. The molecule has 0 unspecified atom stereocenters. The predicted octanol–water partition coefficient (Wildman–Crippen LogP) is 4.96. The van der Waals surface area contributed by atoms with Crippen LogP contribution in [0.4, 0.5) is 23.7 Å². The van der Waals surface area contributed by atoms with E-state index >= 15 is 0 Å². The van der Waals surface area contributed by atoms with Gasteiger partial charge in [0.25, 0.3) is 0 Å². The largest absolute Gasteiger partial charge is 0.464 e. The molecule has 0 radical (unpaired) electrons. The lowest BCUT2D eigenvalue weighted by Crippen LogP contribution is -2.46. The number of nitrogens with zero attached hydrogens (tertiary/aromatic N) is 2. The zero-order valence-electron chi connectivity index (χ0n) is 19.5. The van der Waals surface area contributed by atoms with Crippen molar-refractivity contribution in [2.45, 2.75) is 46.3 Å². The standard InChI is InChI=1S/C23H28F3N3O4/c1-7-11-29(22(32)27-17-10-8-9-16(12-17)23(24,25)26)15(4)20(30)18-13(2)19(21(31)33-6)28(5)14(18)3/h8-10,12,15H,7,11H2,1-6H3,(H,27,32)/t15-/m0/s1. The number of halogens is 3. The van der Waals surface area contributed by atoms with Crippen molar-refractivity contribution in [2.24, 2.45) is 7.05 Å². The number of alkyl halides is 3. The fraction of sp³-hybridized carbons (Fsp3) is 0.435. The van der Waals surface area contributed by atoms with Gasteiger partial charge in [0.1, 0.15) is 5.69 Å². The van der Waals surface area contributed by atoms with E-state index in [4.69, 9.17) is 4.74 Å². The SMILES string of the molecule is CCCN(C(=O)Nc1cccc(C(F)(F)F)c1)[C@@H](C)C(=O)c1c(C)c(C(=O)OC)n(C)c1C.